The molecule has 244 valence electrons. The van der Waals surface area contributed by atoms with Gasteiger partial charge in [-0.2, -0.15) is 5.10 Å². The van der Waals surface area contributed by atoms with E-state index in [-0.39, 0.29) is 36.3 Å². The van der Waals surface area contributed by atoms with Crippen LogP contribution in [0.25, 0.3) is 39.1 Å². The number of hydrogen-bond donors (Lipinski definition) is 1. The summed E-state index contributed by atoms with van der Waals surface area (Å²) in [6, 6.07) is 18.6. The number of benzene rings is 3. The van der Waals surface area contributed by atoms with Crippen LogP contribution in [0.3, 0.4) is 0 Å². The van der Waals surface area contributed by atoms with E-state index in [1.54, 1.807) is 48.7 Å². The van der Waals surface area contributed by atoms with Gasteiger partial charge in [0.05, 0.1) is 17.8 Å². The van der Waals surface area contributed by atoms with Gasteiger partial charge >= 0.3 is 0 Å². The van der Waals surface area contributed by atoms with E-state index in [1.165, 1.54) is 18.2 Å². The van der Waals surface area contributed by atoms with Crippen molar-refractivity contribution in [2.45, 2.75) is 24.9 Å². The van der Waals surface area contributed by atoms with Gasteiger partial charge in [0, 0.05) is 74.2 Å². The fourth-order valence-corrected chi connectivity index (χ4v) is 6.64. The number of halogens is 2. The van der Waals surface area contributed by atoms with E-state index in [1.807, 2.05) is 35.2 Å². The van der Waals surface area contributed by atoms with Gasteiger partial charge in [-0.25, -0.2) is 18.7 Å². The third-order valence-corrected chi connectivity index (χ3v) is 9.38. The average Bonchev–Trinajstić information content (AvgIpc) is 3.74. The van der Waals surface area contributed by atoms with Crippen molar-refractivity contribution in [3.05, 3.63) is 108 Å². The number of ketones is 1. The summed E-state index contributed by atoms with van der Waals surface area (Å²) in [5, 5.41) is 8.26. The second kappa shape index (κ2) is 13.2. The van der Waals surface area contributed by atoms with E-state index in [2.05, 4.69) is 20.2 Å². The minimum absolute atomic E-state index is 0.0413. The molecule has 4 heterocycles. The number of nitrogens with one attached hydrogen (secondary N) is 1. The molecular formula is C37H34F2N6O3. The molecule has 11 heteroatoms. The van der Waals surface area contributed by atoms with Crippen molar-refractivity contribution < 1.29 is 23.1 Å². The predicted molar refractivity (Wildman–Crippen MR) is 178 cm³/mol. The molecule has 0 spiro atoms. The number of aromatic amines is 1. The van der Waals surface area contributed by atoms with Crippen LogP contribution in [0.5, 0.6) is 0 Å². The predicted octanol–water partition coefficient (Wildman–Crippen LogP) is 5.48. The summed E-state index contributed by atoms with van der Waals surface area (Å²) in [5.41, 5.74) is 4.06. The lowest BCUT2D eigenvalue weighted by Gasteiger charge is -2.30. The number of aromatic nitrogens is 4. The van der Waals surface area contributed by atoms with Gasteiger partial charge in [-0.05, 0) is 72.5 Å². The van der Waals surface area contributed by atoms with Crippen molar-refractivity contribution in [1.29, 1.82) is 0 Å². The molecule has 2 aliphatic rings. The Bertz CT molecular complexity index is 2010. The number of hydrogen-bond acceptors (Lipinski definition) is 7. The van der Waals surface area contributed by atoms with Crippen molar-refractivity contribution in [1.82, 2.24) is 30.0 Å². The number of Topliss-reactive ketones (excluding diaryl/α,β-unsaturated/α-hetero) is 1. The maximum absolute atomic E-state index is 15.1. The Morgan fingerprint density at radius 3 is 2.50 bits per heavy atom. The first kappa shape index (κ1) is 31.5. The molecule has 1 amide bonds. The zero-order chi connectivity index (χ0) is 33.3. The summed E-state index contributed by atoms with van der Waals surface area (Å²) in [6.45, 7) is 1.91. The topological polar surface area (TPSA) is 104 Å². The molecule has 7 rings (SSSR count). The number of nitrogens with zero attached hydrogens (tertiary/aromatic N) is 5. The van der Waals surface area contributed by atoms with Gasteiger partial charge in [-0.15, -0.1) is 0 Å². The Kier molecular flexibility index (Phi) is 8.63. The van der Waals surface area contributed by atoms with Gasteiger partial charge < -0.3 is 9.64 Å². The average molecular weight is 649 g/mol. The van der Waals surface area contributed by atoms with Crippen LogP contribution >= 0.6 is 0 Å². The molecule has 5 aromatic rings. The highest BCUT2D eigenvalue weighted by atomic mass is 19.1. The van der Waals surface area contributed by atoms with E-state index in [4.69, 9.17) is 4.74 Å². The number of rotatable bonds is 9. The maximum atomic E-state index is 15.1. The first-order valence-electron chi connectivity index (χ1n) is 15.9. The molecule has 9 nitrogen and oxygen atoms in total. The highest BCUT2D eigenvalue weighted by Crippen LogP contribution is 2.32. The number of likely N-dealkylation sites (tertiary alicyclic amines) is 1. The fraction of sp³-hybridized carbons (Fsp3) is 0.270. The molecule has 0 bridgehead atoms. The highest BCUT2D eigenvalue weighted by molar-refractivity contribution is 5.95. The zero-order valence-corrected chi connectivity index (χ0v) is 26.5. The minimum atomic E-state index is -1.02. The molecule has 3 aromatic carbocycles. The van der Waals surface area contributed by atoms with Crippen molar-refractivity contribution in [2.75, 3.05) is 39.8 Å². The Morgan fingerprint density at radius 1 is 0.979 bits per heavy atom. The van der Waals surface area contributed by atoms with Crippen molar-refractivity contribution in [3.63, 3.8) is 0 Å². The summed E-state index contributed by atoms with van der Waals surface area (Å²) in [6.07, 6.45) is 6.33. The number of methoxy groups -OCH3 is 1. The standard InChI is InChI=1S/C37H34F2N6O3/c1-48-37(33(46)20-24-3-10-32-30(19-24)35(43-42-32)26-4-7-28(38)8-5-26)13-18-44(23-37)22-34(47)45-16-11-25(12-17-45)29-9-6-27(21-31(29)39)36-40-14-2-15-41-36/h2-11,14-15,19,21H,12-13,16-18,20,22-23H2,1H3,(H,42,43)/t37-/m0/s1. The smallest absolute Gasteiger partial charge is 0.237 e. The Morgan fingerprint density at radius 2 is 1.77 bits per heavy atom. The highest BCUT2D eigenvalue weighted by Gasteiger charge is 2.45. The maximum Gasteiger partial charge on any atom is 0.237 e. The third kappa shape index (κ3) is 6.26. The number of fused-ring (bicyclic) bond motifs is 1. The minimum Gasteiger partial charge on any atom is -0.369 e. The molecule has 2 aliphatic heterocycles. The number of H-pyrrole nitrogens is 1. The van der Waals surface area contributed by atoms with Gasteiger partial charge in [0.25, 0.3) is 0 Å². The molecule has 2 aromatic heterocycles. The molecule has 48 heavy (non-hydrogen) atoms. The molecule has 1 fully saturated rings. The van der Waals surface area contributed by atoms with Gasteiger partial charge in [-0.3, -0.25) is 19.6 Å². The lowest BCUT2D eigenvalue weighted by atomic mass is 9.91. The number of amides is 1. The van der Waals surface area contributed by atoms with Crippen LogP contribution in [-0.2, 0) is 20.7 Å². The molecule has 1 saturated heterocycles. The Labute approximate surface area is 276 Å². The third-order valence-electron chi connectivity index (χ3n) is 9.38. The summed E-state index contributed by atoms with van der Waals surface area (Å²) < 4.78 is 34.4. The molecule has 1 atom stereocenters. The number of carbonyl (C=O) groups is 2. The number of ether oxygens (including phenoxy) is 1. The van der Waals surface area contributed by atoms with E-state index < -0.39 is 5.60 Å². The van der Waals surface area contributed by atoms with E-state index in [0.29, 0.717) is 61.7 Å². The summed E-state index contributed by atoms with van der Waals surface area (Å²) in [5.74, 6) is -0.296. The lowest BCUT2D eigenvalue weighted by Crippen LogP contribution is -2.46. The van der Waals surface area contributed by atoms with Crippen molar-refractivity contribution in [2.24, 2.45) is 0 Å². The van der Waals surface area contributed by atoms with Crippen LogP contribution in [0.15, 0.2) is 85.2 Å². The van der Waals surface area contributed by atoms with Gasteiger partial charge in [-0.1, -0.05) is 24.3 Å². The van der Waals surface area contributed by atoms with Crippen LogP contribution in [0.1, 0.15) is 24.0 Å². The quantitative estimate of drug-likeness (QED) is 0.226. The normalized spacial score (nSPS) is 18.3. The Balaban J connectivity index is 0.970. The molecule has 0 saturated carbocycles. The fourth-order valence-electron chi connectivity index (χ4n) is 6.64. The van der Waals surface area contributed by atoms with E-state index >= 15 is 4.39 Å². The van der Waals surface area contributed by atoms with Crippen molar-refractivity contribution in [3.8, 4) is 22.6 Å². The molecular weight excluding hydrogens is 614 g/mol. The summed E-state index contributed by atoms with van der Waals surface area (Å²) >= 11 is 0. The molecule has 1 N–H and O–H groups in total. The van der Waals surface area contributed by atoms with Crippen LogP contribution in [-0.4, -0.2) is 87.1 Å². The van der Waals surface area contributed by atoms with Gasteiger partial charge in [0.2, 0.25) is 5.91 Å². The molecule has 0 aliphatic carbocycles. The molecule has 0 radical (unpaired) electrons. The van der Waals surface area contributed by atoms with Gasteiger partial charge in [0.15, 0.2) is 11.6 Å². The van der Waals surface area contributed by atoms with Crippen LogP contribution in [0.4, 0.5) is 8.78 Å². The summed E-state index contributed by atoms with van der Waals surface area (Å²) in [7, 11) is 1.55. The monoisotopic (exact) mass is 648 g/mol. The van der Waals surface area contributed by atoms with Gasteiger partial charge in [0.1, 0.15) is 17.2 Å². The zero-order valence-electron chi connectivity index (χ0n) is 26.5. The second-order valence-corrected chi connectivity index (χ2v) is 12.3. The van der Waals surface area contributed by atoms with E-state index in [0.717, 1.165) is 27.6 Å². The Hall–Kier alpha value is -5.13. The summed E-state index contributed by atoms with van der Waals surface area (Å²) in [4.78, 5) is 39.1. The first-order chi connectivity index (χ1) is 23.3. The first-order valence-corrected chi connectivity index (χ1v) is 15.9. The van der Waals surface area contributed by atoms with Crippen LogP contribution < -0.4 is 0 Å². The number of carbonyl (C=O) groups excluding carboxylic acids is 2. The van der Waals surface area contributed by atoms with Crippen LogP contribution in [0, 0.1) is 11.6 Å². The molecule has 0 unspecified atom stereocenters. The van der Waals surface area contributed by atoms with E-state index in [9.17, 15) is 14.0 Å². The van der Waals surface area contributed by atoms with Crippen molar-refractivity contribution >= 4 is 28.2 Å². The largest absolute Gasteiger partial charge is 0.369 e. The SMILES string of the molecule is CO[C@@]1(C(=O)Cc2ccc3[nH]nc(-c4ccc(F)cc4)c3c2)CCN(CC(=O)N2CC=C(c3ccc(-c4ncccn4)cc3F)CC2)C1. The lowest BCUT2D eigenvalue weighted by molar-refractivity contribution is -0.140. The second-order valence-electron chi connectivity index (χ2n) is 12.3. The van der Waals surface area contributed by atoms with Crippen LogP contribution in [0.2, 0.25) is 0 Å².